The number of hydrogen-bond acceptors (Lipinski definition) is 3. The third-order valence-corrected chi connectivity index (χ3v) is 11.4. The van der Waals surface area contributed by atoms with Gasteiger partial charge in [0.25, 0.3) is 0 Å². The van der Waals surface area contributed by atoms with Gasteiger partial charge in [-0.25, -0.2) is 0 Å². The van der Waals surface area contributed by atoms with Crippen LogP contribution in [0.2, 0.25) is 6.04 Å². The molecular formula is C39H69BrO3Si. The van der Waals surface area contributed by atoms with Crippen molar-refractivity contribution in [2.45, 2.75) is 207 Å². The second kappa shape index (κ2) is 32.2. The Bertz CT molecular complexity index is 730. The quantitative estimate of drug-likeness (QED) is 0.0371. The van der Waals surface area contributed by atoms with Gasteiger partial charge in [0.15, 0.2) is 0 Å². The molecule has 0 aromatic carbocycles. The van der Waals surface area contributed by atoms with Crippen LogP contribution in [0.1, 0.15) is 183 Å². The summed E-state index contributed by atoms with van der Waals surface area (Å²) in [5, 5.41) is 1.06. The number of hydrogen-bond donors (Lipinski definition) is 0. The molecule has 0 aromatic heterocycles. The summed E-state index contributed by atoms with van der Waals surface area (Å²) < 4.78 is 20.8. The smallest absolute Gasteiger partial charge is 0.371 e. The molecular weight excluding hydrogens is 624 g/mol. The van der Waals surface area contributed by atoms with E-state index in [4.69, 9.17) is 13.3 Å². The van der Waals surface area contributed by atoms with Crippen molar-refractivity contribution in [1.82, 2.24) is 0 Å². The van der Waals surface area contributed by atoms with Crippen LogP contribution in [0.15, 0.2) is 0 Å². The van der Waals surface area contributed by atoms with E-state index in [1.165, 1.54) is 77.0 Å². The predicted molar refractivity (Wildman–Crippen MR) is 198 cm³/mol. The number of unbranched alkanes of at least 4 members (excludes halogenated alkanes) is 12. The Morgan fingerprint density at radius 3 is 1.14 bits per heavy atom. The van der Waals surface area contributed by atoms with Crippen molar-refractivity contribution in [3.8, 4) is 35.5 Å². The maximum atomic E-state index is 6.92. The van der Waals surface area contributed by atoms with Crippen molar-refractivity contribution in [3.63, 3.8) is 0 Å². The Kier molecular flexibility index (Phi) is 31.7. The molecule has 0 aromatic rings. The molecule has 0 aliphatic carbocycles. The average Bonchev–Trinajstić information content (AvgIpc) is 2.99. The third-order valence-electron chi connectivity index (χ3n) is 7.63. The van der Waals surface area contributed by atoms with E-state index in [-0.39, 0.29) is 18.3 Å². The maximum Gasteiger partial charge on any atom is 0.501 e. The molecule has 0 radical (unpaired) electrons. The zero-order valence-corrected chi connectivity index (χ0v) is 32.4. The van der Waals surface area contributed by atoms with E-state index in [0.717, 1.165) is 75.6 Å². The minimum Gasteiger partial charge on any atom is -0.371 e. The number of halogens is 1. The molecule has 44 heavy (non-hydrogen) atoms. The average molecular weight is 694 g/mol. The van der Waals surface area contributed by atoms with Crippen LogP contribution in [0.3, 0.4) is 0 Å². The fourth-order valence-electron chi connectivity index (χ4n) is 4.89. The normalized spacial score (nSPS) is 14.2. The van der Waals surface area contributed by atoms with E-state index in [1.807, 2.05) is 0 Å². The second-order valence-electron chi connectivity index (χ2n) is 12.4. The van der Waals surface area contributed by atoms with E-state index >= 15 is 0 Å². The first-order valence-electron chi connectivity index (χ1n) is 18.4. The molecule has 3 unspecified atom stereocenters. The summed E-state index contributed by atoms with van der Waals surface area (Å²) in [7, 11) is -2.96. The van der Waals surface area contributed by atoms with Crippen LogP contribution in [-0.2, 0) is 13.3 Å². The summed E-state index contributed by atoms with van der Waals surface area (Å²) in [5.74, 6) is 20.2. The largest absolute Gasteiger partial charge is 0.501 e. The molecule has 0 amide bonds. The number of alkyl halides is 1. The second-order valence-corrected chi connectivity index (χ2v) is 15.7. The Balaban J connectivity index is 5.53. The highest BCUT2D eigenvalue weighted by atomic mass is 79.9. The van der Waals surface area contributed by atoms with Gasteiger partial charge in [-0.1, -0.05) is 88.1 Å². The van der Waals surface area contributed by atoms with Gasteiger partial charge in [-0.15, -0.1) is 35.5 Å². The summed E-state index contributed by atoms with van der Waals surface area (Å²) in [5.41, 5.74) is 0. The van der Waals surface area contributed by atoms with Crippen molar-refractivity contribution >= 4 is 24.7 Å². The van der Waals surface area contributed by atoms with Gasteiger partial charge in [-0.05, 0) is 72.1 Å². The predicted octanol–water partition coefficient (Wildman–Crippen LogP) is 12.2. The molecule has 0 N–H and O–H groups in total. The lowest BCUT2D eigenvalue weighted by molar-refractivity contribution is -0.0130. The lowest BCUT2D eigenvalue weighted by Gasteiger charge is -2.36. The molecule has 5 heteroatoms. The Hall–Kier alpha value is -0.743. The van der Waals surface area contributed by atoms with E-state index < -0.39 is 8.80 Å². The SMILES string of the molecule is CCCCCC#CCCC(C)O[Si](CCCCCCBr)(OC(C)CCC#CCCCCC)OC(C)CCC#CCCCCC. The van der Waals surface area contributed by atoms with Gasteiger partial charge in [0.2, 0.25) is 0 Å². The Labute approximate surface area is 285 Å². The number of rotatable bonds is 27. The summed E-state index contributed by atoms with van der Waals surface area (Å²) in [6, 6.07) is 0.863. The first-order chi connectivity index (χ1) is 21.4. The fourth-order valence-corrected chi connectivity index (χ4v) is 8.69. The highest BCUT2D eigenvalue weighted by Crippen LogP contribution is 2.28. The van der Waals surface area contributed by atoms with Gasteiger partial charge in [-0.2, -0.15) is 0 Å². The van der Waals surface area contributed by atoms with Crippen LogP contribution >= 0.6 is 15.9 Å². The first-order valence-corrected chi connectivity index (χ1v) is 21.4. The van der Waals surface area contributed by atoms with Crippen molar-refractivity contribution in [2.24, 2.45) is 0 Å². The molecule has 0 heterocycles. The molecule has 0 aliphatic heterocycles. The lowest BCUT2D eigenvalue weighted by atomic mass is 10.2. The van der Waals surface area contributed by atoms with Crippen LogP contribution in [-0.4, -0.2) is 32.4 Å². The molecule has 0 saturated carbocycles. The monoisotopic (exact) mass is 692 g/mol. The van der Waals surface area contributed by atoms with Crippen LogP contribution in [0.4, 0.5) is 0 Å². The molecule has 0 aliphatic rings. The van der Waals surface area contributed by atoms with Crippen LogP contribution in [0, 0.1) is 35.5 Å². The van der Waals surface area contributed by atoms with E-state index in [1.54, 1.807) is 0 Å². The summed E-state index contributed by atoms with van der Waals surface area (Å²) >= 11 is 3.58. The Morgan fingerprint density at radius 2 is 0.795 bits per heavy atom. The van der Waals surface area contributed by atoms with Crippen molar-refractivity contribution < 1.29 is 13.3 Å². The van der Waals surface area contributed by atoms with Crippen LogP contribution in [0.25, 0.3) is 0 Å². The van der Waals surface area contributed by atoms with Gasteiger partial charge in [0.1, 0.15) is 0 Å². The first kappa shape index (κ1) is 43.3. The van der Waals surface area contributed by atoms with E-state index in [9.17, 15) is 0 Å². The minimum absolute atomic E-state index is 0.0465. The fraction of sp³-hybridized carbons (Fsp3) is 0.846. The van der Waals surface area contributed by atoms with Crippen molar-refractivity contribution in [2.75, 3.05) is 5.33 Å². The molecule has 0 fully saturated rings. The zero-order chi connectivity index (χ0) is 32.6. The molecule has 3 nitrogen and oxygen atoms in total. The standard InChI is InChI=1S/C39H69BrO3Si/c1-7-10-13-16-19-22-27-32-37(4)41-44(36-31-26-25-30-35-40,42-38(5)33-28-23-20-17-14-11-8-2)43-39(6)34-29-24-21-18-15-12-9-3/h37-39H,7-18,25-36H2,1-6H3. The molecule has 0 bridgehead atoms. The van der Waals surface area contributed by atoms with Crippen LogP contribution < -0.4 is 0 Å². The molecule has 3 atom stereocenters. The minimum atomic E-state index is -2.96. The molecule has 254 valence electrons. The van der Waals surface area contributed by atoms with E-state index in [0.29, 0.717) is 0 Å². The van der Waals surface area contributed by atoms with Crippen molar-refractivity contribution in [1.29, 1.82) is 0 Å². The topological polar surface area (TPSA) is 27.7 Å². The molecule has 0 spiro atoms. The Morgan fingerprint density at radius 1 is 0.455 bits per heavy atom. The summed E-state index contributed by atoms with van der Waals surface area (Å²) in [4.78, 5) is 0. The zero-order valence-electron chi connectivity index (χ0n) is 29.8. The van der Waals surface area contributed by atoms with Crippen LogP contribution in [0.5, 0.6) is 0 Å². The maximum absolute atomic E-state index is 6.92. The van der Waals surface area contributed by atoms with Gasteiger partial charge >= 0.3 is 8.80 Å². The van der Waals surface area contributed by atoms with Crippen molar-refractivity contribution in [3.05, 3.63) is 0 Å². The van der Waals surface area contributed by atoms with E-state index in [2.05, 4.69) is 93.0 Å². The summed E-state index contributed by atoms with van der Waals surface area (Å²) in [6.45, 7) is 13.2. The lowest BCUT2D eigenvalue weighted by Crippen LogP contribution is -2.51. The molecule has 0 saturated heterocycles. The highest BCUT2D eigenvalue weighted by Gasteiger charge is 2.45. The summed E-state index contributed by atoms with van der Waals surface area (Å²) in [6.07, 6.45) is 24.2. The molecule has 0 rings (SSSR count). The van der Waals surface area contributed by atoms with Gasteiger partial charge in [0.05, 0.1) is 0 Å². The van der Waals surface area contributed by atoms with Gasteiger partial charge < -0.3 is 13.3 Å². The van der Waals surface area contributed by atoms with Gasteiger partial charge in [-0.3, -0.25) is 0 Å². The third kappa shape index (κ3) is 27.6. The van der Waals surface area contributed by atoms with Gasteiger partial charge in [0, 0.05) is 68.2 Å². The highest BCUT2D eigenvalue weighted by molar-refractivity contribution is 9.09.